The van der Waals surface area contributed by atoms with Crippen molar-refractivity contribution in [2.24, 2.45) is 5.73 Å². The molecule has 0 saturated carbocycles. The molecule has 1 rings (SSSR count). The summed E-state index contributed by atoms with van der Waals surface area (Å²) in [5, 5.41) is 8.85. The second kappa shape index (κ2) is 5.58. The van der Waals surface area contributed by atoms with E-state index in [1.165, 1.54) is 0 Å². The molecule has 0 amide bonds. The molecule has 1 aromatic rings. The molecule has 18 heavy (non-hydrogen) atoms. The lowest BCUT2D eigenvalue weighted by molar-refractivity contribution is -0.210. The topological polar surface area (TPSA) is 55.5 Å². The monoisotopic (exact) mass is 263 g/mol. The van der Waals surface area contributed by atoms with Gasteiger partial charge in [-0.3, -0.25) is 0 Å². The van der Waals surface area contributed by atoms with Gasteiger partial charge in [0.05, 0.1) is 0 Å². The fourth-order valence-corrected chi connectivity index (χ4v) is 1.42. The first-order chi connectivity index (χ1) is 8.21. The van der Waals surface area contributed by atoms with Crippen LogP contribution >= 0.6 is 0 Å². The molecule has 3 nitrogen and oxygen atoms in total. The van der Waals surface area contributed by atoms with Crippen LogP contribution in [0.3, 0.4) is 0 Å². The lowest BCUT2D eigenvalue weighted by Crippen LogP contribution is -2.34. The van der Waals surface area contributed by atoms with Crippen LogP contribution < -0.4 is 10.5 Å². The highest BCUT2D eigenvalue weighted by Crippen LogP contribution is 2.26. The molecule has 0 saturated heterocycles. The van der Waals surface area contributed by atoms with Gasteiger partial charge in [0.2, 0.25) is 0 Å². The Hall–Kier alpha value is -1.27. The maximum Gasteiger partial charge on any atom is 0.417 e. The van der Waals surface area contributed by atoms with E-state index in [1.807, 2.05) is 6.92 Å². The van der Waals surface area contributed by atoms with Crippen molar-refractivity contribution in [1.82, 2.24) is 0 Å². The van der Waals surface area contributed by atoms with Gasteiger partial charge in [0, 0.05) is 11.6 Å². The second-order valence-electron chi connectivity index (χ2n) is 4.20. The molecule has 102 valence electrons. The number of alkyl halides is 3. The summed E-state index contributed by atoms with van der Waals surface area (Å²) in [6.07, 6.45) is -7.18. The van der Waals surface area contributed by atoms with Crippen molar-refractivity contribution in [1.29, 1.82) is 0 Å². The van der Waals surface area contributed by atoms with Crippen molar-refractivity contribution in [2.45, 2.75) is 32.2 Å². The zero-order valence-corrected chi connectivity index (χ0v) is 10.2. The second-order valence-corrected chi connectivity index (χ2v) is 4.20. The number of hydrogen-bond acceptors (Lipinski definition) is 3. The number of benzene rings is 1. The average Bonchev–Trinajstić information content (AvgIpc) is 2.25. The van der Waals surface area contributed by atoms with Gasteiger partial charge in [-0.1, -0.05) is 17.7 Å². The molecule has 0 fully saturated rings. The van der Waals surface area contributed by atoms with Crippen molar-refractivity contribution in [3.8, 4) is 5.75 Å². The van der Waals surface area contributed by atoms with E-state index in [0.717, 1.165) is 5.56 Å². The van der Waals surface area contributed by atoms with Crippen LogP contribution in [0, 0.1) is 6.92 Å². The molecule has 3 N–H and O–H groups in total. The molecule has 0 spiro atoms. The van der Waals surface area contributed by atoms with E-state index >= 15 is 0 Å². The van der Waals surface area contributed by atoms with Crippen molar-refractivity contribution in [2.75, 3.05) is 6.61 Å². The summed E-state index contributed by atoms with van der Waals surface area (Å²) >= 11 is 0. The molecule has 1 unspecified atom stereocenters. The average molecular weight is 263 g/mol. The van der Waals surface area contributed by atoms with Crippen LogP contribution in [-0.4, -0.2) is 24.0 Å². The lowest BCUT2D eigenvalue weighted by Gasteiger charge is -2.18. The van der Waals surface area contributed by atoms with Gasteiger partial charge < -0.3 is 15.6 Å². The van der Waals surface area contributed by atoms with Crippen molar-refractivity contribution in [3.05, 3.63) is 29.3 Å². The minimum Gasteiger partial charge on any atom is -0.490 e. The van der Waals surface area contributed by atoms with Crippen LogP contribution in [-0.2, 0) is 0 Å². The van der Waals surface area contributed by atoms with Crippen LogP contribution in [0.4, 0.5) is 13.2 Å². The predicted octanol–water partition coefficient (Wildman–Crippen LogP) is 2.32. The molecule has 0 radical (unpaired) electrons. The minimum atomic E-state index is -4.68. The van der Waals surface area contributed by atoms with Gasteiger partial charge in [-0.2, -0.15) is 13.2 Å². The van der Waals surface area contributed by atoms with Crippen molar-refractivity contribution < 1.29 is 23.0 Å². The lowest BCUT2D eigenvalue weighted by atomic mass is 10.1. The number of hydrogen-bond donors (Lipinski definition) is 2. The molecule has 0 heterocycles. The first-order valence-corrected chi connectivity index (χ1v) is 5.45. The molecule has 0 aliphatic heterocycles. The summed E-state index contributed by atoms with van der Waals surface area (Å²) in [7, 11) is 0. The molecule has 0 bridgehead atoms. The van der Waals surface area contributed by atoms with E-state index in [0.29, 0.717) is 5.56 Å². The third-order valence-electron chi connectivity index (χ3n) is 2.43. The minimum absolute atomic E-state index is 0.263. The Labute approximate surface area is 103 Å². The van der Waals surface area contributed by atoms with Crippen molar-refractivity contribution >= 4 is 0 Å². The summed E-state index contributed by atoms with van der Waals surface area (Å²) in [6, 6.07) is 4.65. The number of aryl methyl sites for hydroxylation is 1. The van der Waals surface area contributed by atoms with Gasteiger partial charge in [-0.15, -0.1) is 0 Å². The van der Waals surface area contributed by atoms with Gasteiger partial charge in [0.25, 0.3) is 0 Å². The molecule has 0 aromatic heterocycles. The van der Waals surface area contributed by atoms with E-state index < -0.39 is 18.9 Å². The predicted molar refractivity (Wildman–Crippen MR) is 61.3 cm³/mol. The van der Waals surface area contributed by atoms with Gasteiger partial charge in [0.15, 0.2) is 6.10 Å². The molecule has 2 atom stereocenters. The van der Waals surface area contributed by atoms with E-state index in [1.54, 1.807) is 25.1 Å². The highest BCUT2D eigenvalue weighted by atomic mass is 19.4. The molecule has 1 aromatic carbocycles. The normalized spacial score (nSPS) is 15.3. The van der Waals surface area contributed by atoms with Crippen LogP contribution in [0.1, 0.15) is 24.1 Å². The quantitative estimate of drug-likeness (QED) is 0.876. The number of aliphatic hydroxyl groups excluding tert-OH is 1. The van der Waals surface area contributed by atoms with Crippen LogP contribution in [0.2, 0.25) is 0 Å². The molecule has 0 aliphatic rings. The Morgan fingerprint density at radius 1 is 1.39 bits per heavy atom. The van der Waals surface area contributed by atoms with Crippen LogP contribution in [0.5, 0.6) is 5.75 Å². The fraction of sp³-hybridized carbons (Fsp3) is 0.500. The van der Waals surface area contributed by atoms with E-state index in [4.69, 9.17) is 15.6 Å². The number of halogens is 3. The summed E-state index contributed by atoms with van der Waals surface area (Å²) in [6.45, 7) is 2.72. The zero-order chi connectivity index (χ0) is 13.9. The summed E-state index contributed by atoms with van der Waals surface area (Å²) in [5.41, 5.74) is 7.26. The SMILES string of the molecule is Cc1ccc(OCC(O)C(F)(F)F)c([C@@H](C)N)c1. The van der Waals surface area contributed by atoms with Gasteiger partial charge >= 0.3 is 6.18 Å². The Balaban J connectivity index is 2.79. The maximum absolute atomic E-state index is 12.1. The molecular weight excluding hydrogens is 247 g/mol. The summed E-state index contributed by atoms with van der Waals surface area (Å²) in [4.78, 5) is 0. The van der Waals surface area contributed by atoms with E-state index in [2.05, 4.69) is 0 Å². The maximum atomic E-state index is 12.1. The number of ether oxygens (including phenoxy) is 1. The third kappa shape index (κ3) is 3.89. The van der Waals surface area contributed by atoms with Gasteiger partial charge in [-0.25, -0.2) is 0 Å². The smallest absolute Gasteiger partial charge is 0.417 e. The van der Waals surface area contributed by atoms with Crippen LogP contribution in [0.15, 0.2) is 18.2 Å². The Morgan fingerprint density at radius 2 is 2.00 bits per heavy atom. The first kappa shape index (κ1) is 14.8. The standard InChI is InChI=1S/C12H16F3NO2/c1-7-3-4-10(9(5-7)8(2)16)18-6-11(17)12(13,14)15/h3-5,8,11,17H,6,16H2,1-2H3/t8-,11?/m1/s1. The summed E-state index contributed by atoms with van der Waals surface area (Å²) in [5.74, 6) is 0.263. The molecule has 0 aliphatic carbocycles. The highest BCUT2D eigenvalue weighted by molar-refractivity contribution is 5.38. The van der Waals surface area contributed by atoms with Gasteiger partial charge in [-0.05, 0) is 19.9 Å². The number of aliphatic hydroxyl groups is 1. The van der Waals surface area contributed by atoms with E-state index in [-0.39, 0.29) is 11.8 Å². The van der Waals surface area contributed by atoms with E-state index in [9.17, 15) is 13.2 Å². The first-order valence-electron chi connectivity index (χ1n) is 5.45. The largest absolute Gasteiger partial charge is 0.490 e. The summed E-state index contributed by atoms with van der Waals surface area (Å²) < 4.78 is 41.4. The van der Waals surface area contributed by atoms with Crippen molar-refractivity contribution in [3.63, 3.8) is 0 Å². The van der Waals surface area contributed by atoms with Crippen LogP contribution in [0.25, 0.3) is 0 Å². The molecular formula is C12H16F3NO2. The highest BCUT2D eigenvalue weighted by Gasteiger charge is 2.38. The molecule has 6 heteroatoms. The number of rotatable bonds is 4. The fourth-order valence-electron chi connectivity index (χ4n) is 1.42. The Morgan fingerprint density at radius 3 is 2.50 bits per heavy atom. The number of nitrogens with two attached hydrogens (primary N) is 1. The third-order valence-corrected chi connectivity index (χ3v) is 2.43. The van der Waals surface area contributed by atoms with Gasteiger partial charge in [0.1, 0.15) is 12.4 Å². The Kier molecular flexibility index (Phi) is 4.59. The zero-order valence-electron chi connectivity index (χ0n) is 10.2. The Bertz CT molecular complexity index is 405.